The molecule has 5 heteroatoms. The van der Waals surface area contributed by atoms with Crippen LogP contribution in [0, 0.1) is 5.82 Å². The second-order valence-corrected chi connectivity index (χ2v) is 5.38. The molecule has 1 aromatic rings. The molecular formula is C14H19FN2O2. The van der Waals surface area contributed by atoms with Crippen LogP contribution in [0.3, 0.4) is 0 Å². The van der Waals surface area contributed by atoms with E-state index < -0.39 is 11.4 Å². The van der Waals surface area contributed by atoms with E-state index in [1.54, 1.807) is 42.8 Å². The number of hydrogen-bond donors (Lipinski definition) is 1. The molecule has 0 atom stereocenters. The SMILES string of the molecule is CN1CCN(c2ccc(CO)cc2F)C(C)(C)C1=O. The van der Waals surface area contributed by atoms with Gasteiger partial charge in [0.25, 0.3) is 0 Å². The topological polar surface area (TPSA) is 43.8 Å². The maximum absolute atomic E-state index is 14.1. The number of hydrogen-bond acceptors (Lipinski definition) is 3. The van der Waals surface area contributed by atoms with Gasteiger partial charge in [-0.15, -0.1) is 0 Å². The van der Waals surface area contributed by atoms with Crippen LogP contribution in [0.2, 0.25) is 0 Å². The Hall–Kier alpha value is -1.62. The highest BCUT2D eigenvalue weighted by Gasteiger charge is 2.41. The Kier molecular flexibility index (Phi) is 3.49. The van der Waals surface area contributed by atoms with E-state index in [1.165, 1.54) is 6.07 Å². The summed E-state index contributed by atoms with van der Waals surface area (Å²) in [6.07, 6.45) is 0. The van der Waals surface area contributed by atoms with Gasteiger partial charge >= 0.3 is 0 Å². The Labute approximate surface area is 112 Å². The predicted octanol–water partition coefficient (Wildman–Crippen LogP) is 1.38. The summed E-state index contributed by atoms with van der Waals surface area (Å²) < 4.78 is 14.1. The molecule has 1 aromatic carbocycles. The number of benzene rings is 1. The minimum Gasteiger partial charge on any atom is -0.392 e. The van der Waals surface area contributed by atoms with Gasteiger partial charge < -0.3 is 14.9 Å². The maximum Gasteiger partial charge on any atom is 0.247 e. The lowest BCUT2D eigenvalue weighted by Crippen LogP contribution is -2.62. The zero-order chi connectivity index (χ0) is 14.2. The molecule has 1 amide bonds. The number of likely N-dealkylation sites (N-methyl/N-ethyl adjacent to an activating group) is 1. The van der Waals surface area contributed by atoms with Crippen LogP contribution in [-0.2, 0) is 11.4 Å². The molecule has 19 heavy (non-hydrogen) atoms. The highest BCUT2D eigenvalue weighted by atomic mass is 19.1. The van der Waals surface area contributed by atoms with Gasteiger partial charge in [-0.3, -0.25) is 4.79 Å². The van der Waals surface area contributed by atoms with Crippen LogP contribution >= 0.6 is 0 Å². The van der Waals surface area contributed by atoms with Crippen molar-refractivity contribution in [2.75, 3.05) is 25.0 Å². The number of amides is 1. The Morgan fingerprint density at radius 2 is 2.05 bits per heavy atom. The van der Waals surface area contributed by atoms with E-state index in [0.717, 1.165) is 0 Å². The third kappa shape index (κ3) is 2.30. The minimum atomic E-state index is -0.769. The maximum atomic E-state index is 14.1. The van der Waals surface area contributed by atoms with Gasteiger partial charge in [0, 0.05) is 20.1 Å². The highest BCUT2D eigenvalue weighted by molar-refractivity contribution is 5.90. The zero-order valence-electron chi connectivity index (χ0n) is 11.5. The average molecular weight is 266 g/mol. The van der Waals surface area contributed by atoms with Crippen LogP contribution in [0.5, 0.6) is 0 Å². The van der Waals surface area contributed by atoms with E-state index in [2.05, 4.69) is 0 Å². The molecule has 0 unspecified atom stereocenters. The molecule has 1 fully saturated rings. The first-order chi connectivity index (χ1) is 8.87. The van der Waals surface area contributed by atoms with Gasteiger partial charge in [0.1, 0.15) is 11.4 Å². The smallest absolute Gasteiger partial charge is 0.247 e. The van der Waals surface area contributed by atoms with Crippen LogP contribution < -0.4 is 4.90 Å². The normalized spacial score (nSPS) is 18.9. The van der Waals surface area contributed by atoms with E-state index in [0.29, 0.717) is 24.3 Å². The van der Waals surface area contributed by atoms with E-state index in [9.17, 15) is 9.18 Å². The predicted molar refractivity (Wildman–Crippen MR) is 71.4 cm³/mol. The third-order valence-electron chi connectivity index (χ3n) is 3.69. The number of rotatable bonds is 2. The van der Waals surface area contributed by atoms with Gasteiger partial charge in [0.05, 0.1) is 12.3 Å². The van der Waals surface area contributed by atoms with Crippen LogP contribution in [0.4, 0.5) is 10.1 Å². The molecule has 0 aliphatic carbocycles. The number of aliphatic hydroxyl groups excluding tert-OH is 1. The number of nitrogens with zero attached hydrogens (tertiary/aromatic N) is 2. The first kappa shape index (κ1) is 13.8. The number of aliphatic hydroxyl groups is 1. The van der Waals surface area contributed by atoms with Crippen LogP contribution in [-0.4, -0.2) is 41.6 Å². The monoisotopic (exact) mass is 266 g/mol. The van der Waals surface area contributed by atoms with Gasteiger partial charge in [-0.2, -0.15) is 0 Å². The molecule has 0 aromatic heterocycles. The Bertz CT molecular complexity index is 502. The van der Waals surface area contributed by atoms with E-state index in [1.807, 2.05) is 0 Å². The summed E-state index contributed by atoms with van der Waals surface area (Å²) in [5, 5.41) is 9.00. The molecule has 1 aliphatic rings. The van der Waals surface area contributed by atoms with Crippen molar-refractivity contribution in [3.8, 4) is 0 Å². The van der Waals surface area contributed by atoms with E-state index >= 15 is 0 Å². The van der Waals surface area contributed by atoms with E-state index in [-0.39, 0.29) is 12.5 Å². The molecule has 1 heterocycles. The van der Waals surface area contributed by atoms with Crippen molar-refractivity contribution in [1.29, 1.82) is 0 Å². The van der Waals surface area contributed by atoms with Crippen molar-refractivity contribution in [3.63, 3.8) is 0 Å². The van der Waals surface area contributed by atoms with Gasteiger partial charge in [0.15, 0.2) is 0 Å². The average Bonchev–Trinajstić information content (AvgIpc) is 2.37. The van der Waals surface area contributed by atoms with Crippen LogP contribution in [0.25, 0.3) is 0 Å². The lowest BCUT2D eigenvalue weighted by atomic mass is 9.96. The highest BCUT2D eigenvalue weighted by Crippen LogP contribution is 2.30. The quantitative estimate of drug-likeness (QED) is 0.879. The van der Waals surface area contributed by atoms with Crippen molar-refractivity contribution < 1.29 is 14.3 Å². The molecule has 0 spiro atoms. The molecule has 1 saturated heterocycles. The fraction of sp³-hybridized carbons (Fsp3) is 0.500. The fourth-order valence-corrected chi connectivity index (χ4v) is 2.50. The Morgan fingerprint density at radius 1 is 1.37 bits per heavy atom. The third-order valence-corrected chi connectivity index (χ3v) is 3.69. The summed E-state index contributed by atoms with van der Waals surface area (Å²) >= 11 is 0. The number of anilines is 1. The summed E-state index contributed by atoms with van der Waals surface area (Å²) in [5.74, 6) is -0.429. The number of halogens is 1. The zero-order valence-corrected chi connectivity index (χ0v) is 11.5. The standard InChI is InChI=1S/C14H19FN2O2/c1-14(2)13(19)16(3)6-7-17(14)12-5-4-10(9-18)8-11(12)15/h4-5,8,18H,6-7,9H2,1-3H3. The molecule has 0 bridgehead atoms. The summed E-state index contributed by atoms with van der Waals surface area (Å²) in [6.45, 7) is 4.56. The van der Waals surface area contributed by atoms with E-state index in [4.69, 9.17) is 5.11 Å². The Balaban J connectivity index is 2.38. The summed E-state index contributed by atoms with van der Waals surface area (Å²) in [6, 6.07) is 4.62. The summed E-state index contributed by atoms with van der Waals surface area (Å²) in [5.41, 5.74) is 0.164. The molecule has 1 aliphatic heterocycles. The summed E-state index contributed by atoms with van der Waals surface area (Å²) in [7, 11) is 1.76. The summed E-state index contributed by atoms with van der Waals surface area (Å²) in [4.78, 5) is 15.6. The fourth-order valence-electron chi connectivity index (χ4n) is 2.50. The molecule has 0 saturated carbocycles. The molecule has 0 radical (unpaired) electrons. The van der Waals surface area contributed by atoms with Gasteiger partial charge in [0.2, 0.25) is 5.91 Å². The second kappa shape index (κ2) is 4.81. The van der Waals surface area contributed by atoms with Crippen molar-refractivity contribution in [2.45, 2.75) is 26.0 Å². The number of carbonyl (C=O) groups is 1. The first-order valence-corrected chi connectivity index (χ1v) is 6.30. The molecule has 2 rings (SSSR count). The van der Waals surface area contributed by atoms with Gasteiger partial charge in [-0.25, -0.2) is 4.39 Å². The van der Waals surface area contributed by atoms with Gasteiger partial charge in [-0.05, 0) is 31.5 Å². The molecule has 104 valence electrons. The second-order valence-electron chi connectivity index (χ2n) is 5.38. The number of piperazine rings is 1. The van der Waals surface area contributed by atoms with Crippen molar-refractivity contribution >= 4 is 11.6 Å². The number of carbonyl (C=O) groups excluding carboxylic acids is 1. The minimum absolute atomic E-state index is 0.0237. The van der Waals surface area contributed by atoms with Gasteiger partial charge in [-0.1, -0.05) is 6.07 Å². The van der Waals surface area contributed by atoms with Crippen molar-refractivity contribution in [2.24, 2.45) is 0 Å². The Morgan fingerprint density at radius 3 is 2.63 bits per heavy atom. The van der Waals surface area contributed by atoms with Crippen LogP contribution in [0.15, 0.2) is 18.2 Å². The lowest BCUT2D eigenvalue weighted by molar-refractivity contribution is -0.136. The van der Waals surface area contributed by atoms with Crippen molar-refractivity contribution in [1.82, 2.24) is 4.90 Å². The molecule has 1 N–H and O–H groups in total. The molecule has 4 nitrogen and oxygen atoms in total. The molecular weight excluding hydrogens is 247 g/mol. The van der Waals surface area contributed by atoms with Crippen molar-refractivity contribution in [3.05, 3.63) is 29.6 Å². The lowest BCUT2D eigenvalue weighted by Gasteiger charge is -2.46. The van der Waals surface area contributed by atoms with Crippen LogP contribution in [0.1, 0.15) is 19.4 Å². The largest absolute Gasteiger partial charge is 0.392 e. The first-order valence-electron chi connectivity index (χ1n) is 6.30.